The third kappa shape index (κ3) is 5.55. The maximum absolute atomic E-state index is 12.6. The number of anilines is 1. The van der Waals surface area contributed by atoms with Gasteiger partial charge in [0, 0.05) is 30.9 Å². The van der Waals surface area contributed by atoms with Gasteiger partial charge < -0.3 is 15.5 Å². The molecule has 2 rings (SSSR count). The standard InChI is InChI=1S/C17H27N3O.2ClH/c1-4-19(5-2)11-14-8-9-20(12-14)17(21)16-10-15(18)7-6-13(16)3;;/h6-7,10,14H,4-5,8-9,11-12,18H2,1-3H3;2*1H. The largest absolute Gasteiger partial charge is 0.399 e. The number of aryl methyl sites for hydroxylation is 1. The highest BCUT2D eigenvalue weighted by Crippen LogP contribution is 2.22. The fourth-order valence-electron chi connectivity index (χ4n) is 3.05. The minimum absolute atomic E-state index is 0. The van der Waals surface area contributed by atoms with Crippen LogP contribution in [0.5, 0.6) is 0 Å². The fraction of sp³-hybridized carbons (Fsp3) is 0.588. The molecule has 0 spiro atoms. The zero-order chi connectivity index (χ0) is 15.4. The first-order chi connectivity index (χ1) is 10.0. The van der Waals surface area contributed by atoms with Crippen molar-refractivity contribution in [1.82, 2.24) is 9.80 Å². The van der Waals surface area contributed by atoms with Crippen molar-refractivity contribution in [3.05, 3.63) is 29.3 Å². The Morgan fingerprint density at radius 1 is 1.30 bits per heavy atom. The molecule has 6 heteroatoms. The van der Waals surface area contributed by atoms with Crippen molar-refractivity contribution >= 4 is 36.4 Å². The van der Waals surface area contributed by atoms with Gasteiger partial charge in [-0.3, -0.25) is 4.79 Å². The summed E-state index contributed by atoms with van der Waals surface area (Å²) in [5, 5.41) is 0. The summed E-state index contributed by atoms with van der Waals surface area (Å²) in [5.74, 6) is 0.720. The van der Waals surface area contributed by atoms with Crippen LogP contribution in [0.1, 0.15) is 36.2 Å². The number of likely N-dealkylation sites (tertiary alicyclic amines) is 1. The van der Waals surface area contributed by atoms with E-state index in [4.69, 9.17) is 5.73 Å². The zero-order valence-corrected chi connectivity index (χ0v) is 15.9. The number of rotatable bonds is 5. The van der Waals surface area contributed by atoms with Crippen molar-refractivity contribution in [1.29, 1.82) is 0 Å². The van der Waals surface area contributed by atoms with Gasteiger partial charge in [-0.15, -0.1) is 24.8 Å². The van der Waals surface area contributed by atoms with Gasteiger partial charge in [0.25, 0.3) is 5.91 Å². The van der Waals surface area contributed by atoms with Gasteiger partial charge in [-0.05, 0) is 50.0 Å². The number of nitrogens with two attached hydrogens (primary N) is 1. The first-order valence-electron chi connectivity index (χ1n) is 7.92. The number of hydrogen-bond donors (Lipinski definition) is 1. The van der Waals surface area contributed by atoms with Crippen LogP contribution in [0.3, 0.4) is 0 Å². The van der Waals surface area contributed by atoms with E-state index in [0.29, 0.717) is 11.6 Å². The molecule has 4 nitrogen and oxygen atoms in total. The molecule has 2 N–H and O–H groups in total. The van der Waals surface area contributed by atoms with Crippen molar-refractivity contribution in [2.24, 2.45) is 5.92 Å². The van der Waals surface area contributed by atoms with Gasteiger partial charge >= 0.3 is 0 Å². The Morgan fingerprint density at radius 3 is 2.57 bits per heavy atom. The highest BCUT2D eigenvalue weighted by molar-refractivity contribution is 5.96. The molecule has 0 bridgehead atoms. The molecule has 1 aromatic rings. The van der Waals surface area contributed by atoms with Gasteiger partial charge in [-0.25, -0.2) is 0 Å². The average molecular weight is 362 g/mol. The van der Waals surface area contributed by atoms with E-state index in [2.05, 4.69) is 18.7 Å². The summed E-state index contributed by atoms with van der Waals surface area (Å²) >= 11 is 0. The number of hydrogen-bond acceptors (Lipinski definition) is 3. The average Bonchev–Trinajstić information content (AvgIpc) is 2.95. The lowest BCUT2D eigenvalue weighted by Gasteiger charge is -2.23. The molecule has 1 unspecified atom stereocenters. The van der Waals surface area contributed by atoms with E-state index in [1.54, 1.807) is 6.07 Å². The Morgan fingerprint density at radius 2 is 1.96 bits per heavy atom. The SMILES string of the molecule is CCN(CC)CC1CCN(C(=O)c2cc(N)ccc2C)C1.Cl.Cl. The van der Waals surface area contributed by atoms with Crippen LogP contribution in [0.25, 0.3) is 0 Å². The maximum atomic E-state index is 12.6. The lowest BCUT2D eigenvalue weighted by atomic mass is 10.1. The zero-order valence-electron chi connectivity index (χ0n) is 14.2. The van der Waals surface area contributed by atoms with Gasteiger partial charge in [-0.2, -0.15) is 0 Å². The topological polar surface area (TPSA) is 49.6 Å². The van der Waals surface area contributed by atoms with Crippen molar-refractivity contribution in [2.75, 3.05) is 38.5 Å². The molecule has 1 aliphatic rings. The van der Waals surface area contributed by atoms with Crippen LogP contribution in [0.2, 0.25) is 0 Å². The number of carbonyl (C=O) groups excluding carboxylic acids is 1. The Hall–Kier alpha value is -0.970. The normalized spacial score (nSPS) is 16.9. The van der Waals surface area contributed by atoms with Crippen LogP contribution >= 0.6 is 24.8 Å². The minimum Gasteiger partial charge on any atom is -0.399 e. The minimum atomic E-state index is 0. The van der Waals surface area contributed by atoms with E-state index in [-0.39, 0.29) is 30.7 Å². The Bertz CT molecular complexity index is 507. The molecule has 1 aliphatic heterocycles. The molecule has 1 aromatic carbocycles. The second-order valence-electron chi connectivity index (χ2n) is 5.97. The van der Waals surface area contributed by atoms with E-state index in [0.717, 1.165) is 50.3 Å². The number of nitrogen functional groups attached to an aromatic ring is 1. The van der Waals surface area contributed by atoms with E-state index >= 15 is 0 Å². The van der Waals surface area contributed by atoms with Crippen LogP contribution < -0.4 is 5.73 Å². The Labute approximate surface area is 152 Å². The summed E-state index contributed by atoms with van der Waals surface area (Å²) in [6, 6.07) is 5.57. The monoisotopic (exact) mass is 361 g/mol. The number of nitrogens with zero attached hydrogens (tertiary/aromatic N) is 2. The van der Waals surface area contributed by atoms with Crippen LogP contribution in [0.15, 0.2) is 18.2 Å². The molecular formula is C17H29Cl2N3O. The molecule has 1 heterocycles. The van der Waals surface area contributed by atoms with E-state index in [1.165, 1.54) is 0 Å². The number of carbonyl (C=O) groups is 1. The van der Waals surface area contributed by atoms with Gasteiger partial charge in [0.05, 0.1) is 0 Å². The van der Waals surface area contributed by atoms with Crippen LogP contribution in [-0.2, 0) is 0 Å². The molecule has 1 atom stereocenters. The predicted octanol–water partition coefficient (Wildman–Crippen LogP) is 3.22. The van der Waals surface area contributed by atoms with Crippen LogP contribution in [0, 0.1) is 12.8 Å². The van der Waals surface area contributed by atoms with Crippen molar-refractivity contribution in [3.8, 4) is 0 Å². The number of halogens is 2. The number of amides is 1. The van der Waals surface area contributed by atoms with E-state index in [9.17, 15) is 4.79 Å². The maximum Gasteiger partial charge on any atom is 0.254 e. The third-order valence-corrected chi connectivity index (χ3v) is 4.48. The summed E-state index contributed by atoms with van der Waals surface area (Å²) in [6.45, 7) is 11.3. The summed E-state index contributed by atoms with van der Waals surface area (Å²) in [6.07, 6.45) is 1.10. The molecule has 23 heavy (non-hydrogen) atoms. The van der Waals surface area contributed by atoms with Crippen molar-refractivity contribution in [3.63, 3.8) is 0 Å². The predicted molar refractivity (Wildman–Crippen MR) is 102 cm³/mol. The Balaban J connectivity index is 0.00000242. The molecule has 132 valence electrons. The second-order valence-corrected chi connectivity index (χ2v) is 5.97. The third-order valence-electron chi connectivity index (χ3n) is 4.48. The van der Waals surface area contributed by atoms with Crippen molar-refractivity contribution in [2.45, 2.75) is 27.2 Å². The molecular weight excluding hydrogens is 333 g/mol. The molecule has 0 aromatic heterocycles. The lowest BCUT2D eigenvalue weighted by Crippen LogP contribution is -2.33. The molecule has 1 saturated heterocycles. The first-order valence-corrected chi connectivity index (χ1v) is 7.92. The molecule has 0 saturated carbocycles. The van der Waals surface area contributed by atoms with Crippen LogP contribution in [-0.4, -0.2) is 48.4 Å². The Kier molecular flexibility index (Phi) is 9.59. The lowest BCUT2D eigenvalue weighted by molar-refractivity contribution is 0.0783. The second kappa shape index (κ2) is 10.0. The van der Waals surface area contributed by atoms with Crippen LogP contribution in [0.4, 0.5) is 5.69 Å². The summed E-state index contributed by atoms with van der Waals surface area (Å²) < 4.78 is 0. The van der Waals surface area contributed by atoms with Gasteiger partial charge in [-0.1, -0.05) is 19.9 Å². The quantitative estimate of drug-likeness (QED) is 0.819. The fourth-order valence-corrected chi connectivity index (χ4v) is 3.05. The number of benzene rings is 1. The summed E-state index contributed by atoms with van der Waals surface area (Å²) in [7, 11) is 0. The smallest absolute Gasteiger partial charge is 0.254 e. The highest BCUT2D eigenvalue weighted by Gasteiger charge is 2.28. The van der Waals surface area contributed by atoms with E-state index in [1.807, 2.05) is 24.0 Å². The van der Waals surface area contributed by atoms with Gasteiger partial charge in [0.15, 0.2) is 0 Å². The first kappa shape index (κ1) is 22.0. The highest BCUT2D eigenvalue weighted by atomic mass is 35.5. The summed E-state index contributed by atoms with van der Waals surface area (Å²) in [4.78, 5) is 17.1. The molecule has 0 aliphatic carbocycles. The molecule has 0 radical (unpaired) electrons. The van der Waals surface area contributed by atoms with Crippen molar-refractivity contribution < 1.29 is 4.79 Å². The molecule has 1 amide bonds. The van der Waals surface area contributed by atoms with E-state index < -0.39 is 0 Å². The summed E-state index contributed by atoms with van der Waals surface area (Å²) in [5.41, 5.74) is 8.22. The van der Waals surface area contributed by atoms with Gasteiger partial charge in [0.2, 0.25) is 0 Å². The van der Waals surface area contributed by atoms with Gasteiger partial charge in [0.1, 0.15) is 0 Å². The molecule has 1 fully saturated rings.